The minimum atomic E-state index is -0.206. The van der Waals surface area contributed by atoms with Crippen molar-refractivity contribution < 1.29 is 9.36 Å². The number of aromatic nitrogens is 1. The molecule has 1 heterocycles. The number of hydrazone groups is 1. The fraction of sp³-hybridized carbons (Fsp3) is 0.318. The van der Waals surface area contributed by atoms with Gasteiger partial charge < -0.3 is 0 Å². The van der Waals surface area contributed by atoms with Gasteiger partial charge in [-0.2, -0.15) is 5.10 Å². The summed E-state index contributed by atoms with van der Waals surface area (Å²) in [5.74, 6) is -0.206. The minimum absolute atomic E-state index is 0.206. The minimum Gasteiger partial charge on any atom is -0.267 e. The lowest BCUT2D eigenvalue weighted by Crippen LogP contribution is -2.29. The number of nitrogens with zero attached hydrogens (tertiary/aromatic N) is 2. The number of amides is 1. The van der Waals surface area contributed by atoms with Crippen molar-refractivity contribution in [2.24, 2.45) is 12.1 Å². The quantitative estimate of drug-likeness (QED) is 0.312. The number of unbranched alkanes of at least 4 members (excludes halogenated alkanes) is 3. The van der Waals surface area contributed by atoms with Crippen LogP contribution in [-0.2, 0) is 7.05 Å². The maximum Gasteiger partial charge on any atom is 0.277 e. The molecule has 0 saturated heterocycles. The molecule has 1 amide bonds. The third-order valence-electron chi connectivity index (χ3n) is 4.07. The number of carbonyl (C=O) groups excluding carboxylic acids is 1. The summed E-state index contributed by atoms with van der Waals surface area (Å²) in [6, 6.07) is 13.8. The Balaban J connectivity index is 2.01. The van der Waals surface area contributed by atoms with Gasteiger partial charge in [0.25, 0.3) is 5.91 Å². The molecule has 4 nitrogen and oxygen atoms in total. The molecule has 1 aromatic heterocycles. The van der Waals surface area contributed by atoms with Crippen molar-refractivity contribution in [2.75, 3.05) is 0 Å². The van der Waals surface area contributed by atoms with Gasteiger partial charge in [0.15, 0.2) is 12.4 Å². The highest BCUT2D eigenvalue weighted by Crippen LogP contribution is 2.13. The van der Waals surface area contributed by atoms with Gasteiger partial charge in [0.05, 0.1) is 6.21 Å². The van der Waals surface area contributed by atoms with Crippen molar-refractivity contribution in [3.8, 4) is 0 Å². The molecule has 1 N–H and O–H groups in total. The van der Waals surface area contributed by atoms with Gasteiger partial charge in [-0.25, -0.2) is 9.99 Å². The molecule has 2 rings (SSSR count). The first kappa shape index (κ1) is 19.6. The molecule has 136 valence electrons. The number of benzene rings is 1. The summed E-state index contributed by atoms with van der Waals surface area (Å²) >= 11 is 0. The van der Waals surface area contributed by atoms with E-state index >= 15 is 0 Å². The molecule has 2 aromatic rings. The van der Waals surface area contributed by atoms with Crippen molar-refractivity contribution in [3.05, 3.63) is 71.6 Å². The Labute approximate surface area is 156 Å². The van der Waals surface area contributed by atoms with Gasteiger partial charge in [0.1, 0.15) is 12.6 Å². The first-order valence-electron chi connectivity index (χ1n) is 9.23. The highest BCUT2D eigenvalue weighted by atomic mass is 16.2. The molecular weight excluding hydrogens is 322 g/mol. The molecule has 0 radical (unpaired) electrons. The maximum atomic E-state index is 12.2. The van der Waals surface area contributed by atoms with Gasteiger partial charge in [-0.1, -0.05) is 62.6 Å². The summed E-state index contributed by atoms with van der Waals surface area (Å²) in [5.41, 5.74) is 5.47. The molecular formula is C22H28N3O+. The van der Waals surface area contributed by atoms with E-state index in [2.05, 4.69) is 35.7 Å². The number of aryl methyl sites for hydroxylation is 1. The Morgan fingerprint density at radius 3 is 2.65 bits per heavy atom. The summed E-state index contributed by atoms with van der Waals surface area (Å²) in [7, 11) is 1.89. The first-order valence-corrected chi connectivity index (χ1v) is 9.23. The maximum absolute atomic E-state index is 12.2. The zero-order chi connectivity index (χ0) is 18.6. The predicted molar refractivity (Wildman–Crippen MR) is 107 cm³/mol. The fourth-order valence-corrected chi connectivity index (χ4v) is 2.65. The number of pyridine rings is 1. The van der Waals surface area contributed by atoms with Gasteiger partial charge >= 0.3 is 0 Å². The van der Waals surface area contributed by atoms with Crippen LogP contribution in [0.3, 0.4) is 0 Å². The van der Waals surface area contributed by atoms with Crippen molar-refractivity contribution in [1.82, 2.24) is 5.43 Å². The number of hydrogen-bond donors (Lipinski definition) is 1. The van der Waals surface area contributed by atoms with Crippen LogP contribution in [0.2, 0.25) is 0 Å². The van der Waals surface area contributed by atoms with Gasteiger partial charge in [0, 0.05) is 6.07 Å². The van der Waals surface area contributed by atoms with Crippen molar-refractivity contribution in [2.45, 2.75) is 39.0 Å². The molecule has 26 heavy (non-hydrogen) atoms. The number of rotatable bonds is 9. The Bertz CT molecular complexity index is 751. The van der Waals surface area contributed by atoms with Gasteiger partial charge in [0.2, 0.25) is 0 Å². The number of nitrogens with one attached hydrogen (secondary N) is 1. The molecule has 0 aliphatic rings. The molecule has 0 spiro atoms. The van der Waals surface area contributed by atoms with E-state index in [-0.39, 0.29) is 5.91 Å². The lowest BCUT2D eigenvalue weighted by atomic mass is 10.0. The van der Waals surface area contributed by atoms with Gasteiger partial charge in [-0.15, -0.1) is 0 Å². The summed E-state index contributed by atoms with van der Waals surface area (Å²) in [6.45, 7) is 2.21. The third kappa shape index (κ3) is 7.01. The molecule has 0 bridgehead atoms. The molecule has 0 aliphatic carbocycles. The normalized spacial score (nSPS) is 11.7. The lowest BCUT2D eigenvalue weighted by Gasteiger charge is -2.03. The van der Waals surface area contributed by atoms with Crippen LogP contribution in [0.5, 0.6) is 0 Å². The summed E-state index contributed by atoms with van der Waals surface area (Å²) in [5, 5.41) is 4.17. The van der Waals surface area contributed by atoms with Gasteiger partial charge in [-0.3, -0.25) is 4.79 Å². The van der Waals surface area contributed by atoms with Crippen LogP contribution in [0.25, 0.3) is 6.08 Å². The molecule has 1 aromatic carbocycles. The Kier molecular flexibility index (Phi) is 8.27. The number of carbonyl (C=O) groups is 1. The van der Waals surface area contributed by atoms with Crippen LogP contribution in [-0.4, -0.2) is 12.1 Å². The molecule has 0 aliphatic heterocycles. The average molecular weight is 350 g/mol. The van der Waals surface area contributed by atoms with Crippen LogP contribution in [0, 0.1) is 0 Å². The Morgan fingerprint density at radius 1 is 1.12 bits per heavy atom. The third-order valence-corrected chi connectivity index (χ3v) is 4.07. The Morgan fingerprint density at radius 2 is 1.92 bits per heavy atom. The largest absolute Gasteiger partial charge is 0.277 e. The SMILES string of the molecule is CCCCCCC(=C/c1ccccc1)/C=N/NC(=O)c1ccc[n+](C)c1. The fourth-order valence-electron chi connectivity index (χ4n) is 2.65. The number of hydrogen-bond acceptors (Lipinski definition) is 2. The van der Waals surface area contributed by atoms with Crippen molar-refractivity contribution >= 4 is 18.2 Å². The smallest absolute Gasteiger partial charge is 0.267 e. The van der Waals surface area contributed by atoms with E-state index in [1.54, 1.807) is 18.5 Å². The predicted octanol–water partition coefficient (Wildman–Crippen LogP) is 4.28. The van der Waals surface area contributed by atoms with E-state index in [0.29, 0.717) is 5.56 Å². The highest BCUT2D eigenvalue weighted by molar-refractivity contribution is 5.94. The standard InChI is InChI=1S/C22H27N3O/c1-3-4-5-7-13-20(16-19-11-8-6-9-12-19)17-23-24-22(26)21-14-10-15-25(2)18-21/h6,8-12,14-18H,3-5,7,13H2,1-2H3/p+1/b20-16-,23-17+. The van der Waals surface area contributed by atoms with E-state index in [0.717, 1.165) is 24.0 Å². The zero-order valence-electron chi connectivity index (χ0n) is 15.7. The topological polar surface area (TPSA) is 45.3 Å². The summed E-state index contributed by atoms with van der Waals surface area (Å²) in [4.78, 5) is 12.2. The Hall–Kier alpha value is -2.75. The van der Waals surface area contributed by atoms with E-state index in [1.165, 1.54) is 19.3 Å². The van der Waals surface area contributed by atoms with E-state index < -0.39 is 0 Å². The first-order chi connectivity index (χ1) is 12.7. The van der Waals surface area contributed by atoms with E-state index in [4.69, 9.17) is 0 Å². The number of allylic oxidation sites excluding steroid dienone is 1. The van der Waals surface area contributed by atoms with E-state index in [9.17, 15) is 4.79 Å². The van der Waals surface area contributed by atoms with Crippen molar-refractivity contribution in [3.63, 3.8) is 0 Å². The second-order valence-electron chi connectivity index (χ2n) is 6.40. The van der Waals surface area contributed by atoms with Crippen LogP contribution in [0.4, 0.5) is 0 Å². The van der Waals surface area contributed by atoms with Gasteiger partial charge in [-0.05, 0) is 30.0 Å². The molecule has 0 atom stereocenters. The van der Waals surface area contributed by atoms with Crippen LogP contribution < -0.4 is 9.99 Å². The second kappa shape index (κ2) is 11.0. The van der Waals surface area contributed by atoms with E-state index in [1.807, 2.05) is 42.1 Å². The van der Waals surface area contributed by atoms with Crippen molar-refractivity contribution in [1.29, 1.82) is 0 Å². The summed E-state index contributed by atoms with van der Waals surface area (Å²) in [6.07, 6.45) is 13.3. The highest BCUT2D eigenvalue weighted by Gasteiger charge is 2.07. The second-order valence-corrected chi connectivity index (χ2v) is 6.40. The molecule has 0 unspecified atom stereocenters. The molecule has 0 saturated carbocycles. The monoisotopic (exact) mass is 350 g/mol. The lowest BCUT2D eigenvalue weighted by molar-refractivity contribution is -0.671. The van der Waals surface area contributed by atoms with Crippen LogP contribution in [0.1, 0.15) is 54.9 Å². The molecule has 0 fully saturated rings. The average Bonchev–Trinajstić information content (AvgIpc) is 2.65. The zero-order valence-corrected chi connectivity index (χ0v) is 15.7. The molecule has 4 heteroatoms. The summed E-state index contributed by atoms with van der Waals surface area (Å²) < 4.78 is 1.84. The van der Waals surface area contributed by atoms with Crippen LogP contribution in [0.15, 0.2) is 65.5 Å². The van der Waals surface area contributed by atoms with Crippen LogP contribution >= 0.6 is 0 Å².